The maximum Gasteiger partial charge on any atom is 0.513 e. The van der Waals surface area contributed by atoms with Crippen molar-refractivity contribution < 1.29 is 52.3 Å². The molecule has 0 bridgehead atoms. The Morgan fingerprint density at radius 1 is 0.941 bits per heavy atom. The molecule has 0 saturated heterocycles. The Hall–Kier alpha value is -3.54. The summed E-state index contributed by atoms with van der Waals surface area (Å²) in [6.07, 6.45) is -1.95. The molecule has 0 aromatic heterocycles. The standard InChI is InChI=1S/C22H31NO11/c1-6-7-14(2)32-21(27)31-11-10-22(23,18(24)28-3)13-15-8-9-16(33-19(25)29-4)17(12-15)34-20(26)30-5/h8-9,12,14H,6-7,10-11,13,23H2,1-5H3/t14-,22+/m0/s1. The van der Waals surface area contributed by atoms with Crippen LogP contribution in [0.25, 0.3) is 0 Å². The molecular formula is C22H31NO11. The largest absolute Gasteiger partial charge is 0.513 e. The second-order valence-electron chi connectivity index (χ2n) is 7.28. The molecule has 0 radical (unpaired) electrons. The molecule has 0 aliphatic carbocycles. The molecule has 12 heteroatoms. The maximum atomic E-state index is 12.4. The summed E-state index contributed by atoms with van der Waals surface area (Å²) >= 11 is 0. The molecule has 0 aliphatic rings. The van der Waals surface area contributed by atoms with Gasteiger partial charge < -0.3 is 38.9 Å². The molecule has 1 aromatic carbocycles. The number of rotatable bonds is 11. The van der Waals surface area contributed by atoms with Crippen molar-refractivity contribution in [3.63, 3.8) is 0 Å². The van der Waals surface area contributed by atoms with Crippen LogP contribution in [-0.4, -0.2) is 64.0 Å². The van der Waals surface area contributed by atoms with Gasteiger partial charge in [0.05, 0.1) is 27.9 Å². The van der Waals surface area contributed by atoms with Crippen molar-refractivity contribution in [2.45, 2.75) is 51.2 Å². The molecule has 2 atom stereocenters. The van der Waals surface area contributed by atoms with Crippen LogP contribution in [0.1, 0.15) is 38.7 Å². The van der Waals surface area contributed by atoms with Crippen LogP contribution >= 0.6 is 0 Å². The normalized spacial score (nSPS) is 13.0. The zero-order chi connectivity index (χ0) is 25.7. The summed E-state index contributed by atoms with van der Waals surface area (Å²) < 4.78 is 33.8. The lowest BCUT2D eigenvalue weighted by Gasteiger charge is -2.26. The second kappa shape index (κ2) is 13.9. The Bertz CT molecular complexity index is 857. The summed E-state index contributed by atoms with van der Waals surface area (Å²) in [4.78, 5) is 47.3. The minimum absolute atomic E-state index is 0.0927. The van der Waals surface area contributed by atoms with Crippen molar-refractivity contribution >= 4 is 24.4 Å². The van der Waals surface area contributed by atoms with E-state index >= 15 is 0 Å². The van der Waals surface area contributed by atoms with Gasteiger partial charge in [-0.2, -0.15) is 0 Å². The van der Waals surface area contributed by atoms with Gasteiger partial charge in [-0.25, -0.2) is 14.4 Å². The predicted octanol–water partition coefficient (Wildman–Crippen LogP) is 3.12. The lowest BCUT2D eigenvalue weighted by atomic mass is 9.88. The lowest BCUT2D eigenvalue weighted by molar-refractivity contribution is -0.147. The zero-order valence-electron chi connectivity index (χ0n) is 19.9. The first-order valence-electron chi connectivity index (χ1n) is 10.4. The fraction of sp³-hybridized carbons (Fsp3) is 0.545. The molecule has 1 aromatic rings. The number of nitrogens with two attached hydrogens (primary N) is 1. The van der Waals surface area contributed by atoms with Crippen LogP contribution in [0.3, 0.4) is 0 Å². The van der Waals surface area contributed by atoms with E-state index in [1.807, 2.05) is 6.92 Å². The van der Waals surface area contributed by atoms with Gasteiger partial charge in [0.25, 0.3) is 0 Å². The molecule has 12 nitrogen and oxygen atoms in total. The van der Waals surface area contributed by atoms with Gasteiger partial charge in [0.15, 0.2) is 11.5 Å². The van der Waals surface area contributed by atoms with Gasteiger partial charge in [-0.05, 0) is 31.0 Å². The monoisotopic (exact) mass is 485 g/mol. The number of benzene rings is 1. The predicted molar refractivity (Wildman–Crippen MR) is 117 cm³/mol. The van der Waals surface area contributed by atoms with Crippen molar-refractivity contribution in [3.05, 3.63) is 23.8 Å². The number of carbonyl (C=O) groups is 4. The van der Waals surface area contributed by atoms with E-state index in [4.69, 9.17) is 29.4 Å². The van der Waals surface area contributed by atoms with E-state index < -0.39 is 30.0 Å². The van der Waals surface area contributed by atoms with Crippen molar-refractivity contribution in [1.29, 1.82) is 0 Å². The van der Waals surface area contributed by atoms with Crippen molar-refractivity contribution in [2.24, 2.45) is 5.73 Å². The Morgan fingerprint density at radius 2 is 1.56 bits per heavy atom. The highest BCUT2D eigenvalue weighted by atomic mass is 16.7. The topological polar surface area (TPSA) is 159 Å². The van der Waals surface area contributed by atoms with E-state index in [9.17, 15) is 19.2 Å². The van der Waals surface area contributed by atoms with Gasteiger partial charge in [-0.1, -0.05) is 19.4 Å². The van der Waals surface area contributed by atoms with Gasteiger partial charge in [0.1, 0.15) is 11.6 Å². The highest BCUT2D eigenvalue weighted by Crippen LogP contribution is 2.31. The average molecular weight is 485 g/mol. The minimum Gasteiger partial charge on any atom is -0.468 e. The zero-order valence-corrected chi connectivity index (χ0v) is 19.9. The molecule has 0 saturated carbocycles. The van der Waals surface area contributed by atoms with Crippen LogP contribution in [0.5, 0.6) is 11.5 Å². The summed E-state index contributed by atoms with van der Waals surface area (Å²) in [5, 5.41) is 0. The second-order valence-corrected chi connectivity index (χ2v) is 7.28. The first-order chi connectivity index (χ1) is 16.1. The van der Waals surface area contributed by atoms with Crippen molar-refractivity contribution in [2.75, 3.05) is 27.9 Å². The van der Waals surface area contributed by atoms with Gasteiger partial charge in [-0.15, -0.1) is 0 Å². The summed E-state index contributed by atoms with van der Waals surface area (Å²) in [5.74, 6) is -1.06. The van der Waals surface area contributed by atoms with E-state index in [0.717, 1.165) is 20.6 Å². The summed E-state index contributed by atoms with van der Waals surface area (Å²) in [5.41, 5.74) is 5.11. The van der Waals surface area contributed by atoms with Crippen LogP contribution in [0.4, 0.5) is 14.4 Å². The minimum atomic E-state index is -1.60. The van der Waals surface area contributed by atoms with Crippen LogP contribution in [0, 0.1) is 0 Å². The van der Waals surface area contributed by atoms with Crippen LogP contribution < -0.4 is 15.2 Å². The molecule has 0 heterocycles. The number of carbonyl (C=O) groups excluding carboxylic acids is 4. The molecule has 0 fully saturated rings. The molecule has 1 rings (SSSR count). The van der Waals surface area contributed by atoms with Crippen molar-refractivity contribution in [3.8, 4) is 11.5 Å². The van der Waals surface area contributed by atoms with Crippen LogP contribution in [0.15, 0.2) is 18.2 Å². The van der Waals surface area contributed by atoms with Gasteiger partial charge in [0.2, 0.25) is 0 Å². The quantitative estimate of drug-likeness (QED) is 0.277. The number of methoxy groups -OCH3 is 3. The smallest absolute Gasteiger partial charge is 0.468 e. The van der Waals surface area contributed by atoms with Crippen LogP contribution in [0.2, 0.25) is 0 Å². The van der Waals surface area contributed by atoms with E-state index in [1.165, 1.54) is 25.3 Å². The fourth-order valence-corrected chi connectivity index (χ4v) is 2.90. The maximum absolute atomic E-state index is 12.4. The third kappa shape index (κ3) is 9.14. The number of ether oxygens (including phenoxy) is 7. The molecule has 0 aliphatic heterocycles. The molecule has 34 heavy (non-hydrogen) atoms. The average Bonchev–Trinajstić information content (AvgIpc) is 2.79. The Balaban J connectivity index is 3.01. The number of hydrogen-bond donors (Lipinski definition) is 1. The molecule has 190 valence electrons. The molecule has 0 spiro atoms. The molecular weight excluding hydrogens is 454 g/mol. The SMILES string of the molecule is CCC[C@H](C)OC(=O)OCC[C@@](N)(Cc1ccc(OC(=O)OC)c(OC(=O)OC)c1)C(=O)OC. The van der Waals surface area contributed by atoms with E-state index in [1.54, 1.807) is 6.92 Å². The highest BCUT2D eigenvalue weighted by Gasteiger charge is 2.36. The van der Waals surface area contributed by atoms with Crippen LogP contribution in [-0.2, 0) is 34.9 Å². The number of hydrogen-bond acceptors (Lipinski definition) is 12. The van der Waals surface area contributed by atoms with Gasteiger partial charge in [-0.3, -0.25) is 4.79 Å². The lowest BCUT2D eigenvalue weighted by Crippen LogP contribution is -2.51. The summed E-state index contributed by atoms with van der Waals surface area (Å²) in [7, 11) is 3.38. The molecule has 0 unspecified atom stereocenters. The number of esters is 1. The van der Waals surface area contributed by atoms with Gasteiger partial charge in [0, 0.05) is 12.8 Å². The van der Waals surface area contributed by atoms with Gasteiger partial charge >= 0.3 is 24.4 Å². The molecule has 2 N–H and O–H groups in total. The molecule has 0 amide bonds. The highest BCUT2D eigenvalue weighted by molar-refractivity contribution is 5.81. The van der Waals surface area contributed by atoms with E-state index in [-0.39, 0.29) is 37.1 Å². The fourth-order valence-electron chi connectivity index (χ4n) is 2.90. The third-order valence-electron chi connectivity index (χ3n) is 4.60. The van der Waals surface area contributed by atoms with E-state index in [0.29, 0.717) is 12.0 Å². The summed E-state index contributed by atoms with van der Waals surface area (Å²) in [6, 6.07) is 4.15. The Morgan fingerprint density at radius 3 is 2.12 bits per heavy atom. The Labute approximate surface area is 197 Å². The van der Waals surface area contributed by atoms with Crippen molar-refractivity contribution in [1.82, 2.24) is 0 Å². The first-order valence-corrected chi connectivity index (χ1v) is 10.4. The first kappa shape index (κ1) is 28.5. The Kier molecular flexibility index (Phi) is 11.6. The third-order valence-corrected chi connectivity index (χ3v) is 4.60. The van der Waals surface area contributed by atoms with E-state index in [2.05, 4.69) is 9.47 Å². The summed E-state index contributed by atoms with van der Waals surface area (Å²) in [6.45, 7) is 3.49.